The maximum atomic E-state index is 14.5. The van der Waals surface area contributed by atoms with Crippen molar-refractivity contribution in [2.24, 2.45) is 0 Å². The van der Waals surface area contributed by atoms with E-state index in [1.165, 1.54) is 30.0 Å². The molecule has 136 valence electrons. The number of anilines is 2. The van der Waals surface area contributed by atoms with Crippen molar-refractivity contribution in [3.05, 3.63) is 24.0 Å². The summed E-state index contributed by atoms with van der Waals surface area (Å²) in [4.78, 5) is 28.0. The quantitative estimate of drug-likeness (QED) is 0.882. The predicted octanol–water partition coefficient (Wildman–Crippen LogP) is 1.22. The van der Waals surface area contributed by atoms with E-state index in [4.69, 9.17) is 9.47 Å². The number of cyclic esters (lactones) is 1. The zero-order valence-corrected chi connectivity index (χ0v) is 14.2. The summed E-state index contributed by atoms with van der Waals surface area (Å²) in [6, 6.07) is 4.62. The monoisotopic (exact) mass is 352 g/mol. The first-order valence-corrected chi connectivity index (χ1v) is 8.07. The number of hydrogen-bond acceptors (Lipinski definition) is 6. The Hall–Kier alpha value is -2.55. The van der Waals surface area contributed by atoms with E-state index in [-0.39, 0.29) is 6.54 Å². The fourth-order valence-electron chi connectivity index (χ4n) is 2.75. The van der Waals surface area contributed by atoms with Crippen molar-refractivity contribution >= 4 is 23.6 Å². The standard InChI is InChI=1S/C16H21FN4O4/c1-19(2)15(22)24-14-10-21(16(23)25-14)11-3-4-13(12(17)9-11)20-7-5-18-6-8-20/h3-4,9,14,18H,5-8,10H2,1-2H3/t14-/m0/s1. The lowest BCUT2D eigenvalue weighted by Gasteiger charge is -2.30. The van der Waals surface area contributed by atoms with Gasteiger partial charge in [-0.15, -0.1) is 0 Å². The summed E-state index contributed by atoms with van der Waals surface area (Å²) in [5.74, 6) is -0.402. The number of benzene rings is 1. The van der Waals surface area contributed by atoms with Crippen LogP contribution in [0.4, 0.5) is 25.4 Å². The second kappa shape index (κ2) is 7.14. The maximum absolute atomic E-state index is 14.5. The molecule has 0 aromatic heterocycles. The number of nitrogens with one attached hydrogen (secondary N) is 1. The molecule has 2 aliphatic rings. The first-order chi connectivity index (χ1) is 12.0. The number of amides is 2. The van der Waals surface area contributed by atoms with Gasteiger partial charge in [-0.2, -0.15) is 0 Å². The van der Waals surface area contributed by atoms with Crippen molar-refractivity contribution in [3.63, 3.8) is 0 Å². The predicted molar refractivity (Wildman–Crippen MR) is 89.3 cm³/mol. The molecule has 9 heteroatoms. The van der Waals surface area contributed by atoms with E-state index < -0.39 is 24.3 Å². The summed E-state index contributed by atoms with van der Waals surface area (Å²) in [6.07, 6.45) is -2.30. The van der Waals surface area contributed by atoms with Crippen LogP contribution in [0.25, 0.3) is 0 Å². The molecule has 1 aromatic carbocycles. The third-order valence-corrected chi connectivity index (χ3v) is 4.08. The molecule has 0 unspecified atom stereocenters. The van der Waals surface area contributed by atoms with Crippen molar-refractivity contribution in [1.29, 1.82) is 0 Å². The van der Waals surface area contributed by atoms with Gasteiger partial charge in [0.2, 0.25) is 0 Å². The van der Waals surface area contributed by atoms with Crippen molar-refractivity contribution in [2.45, 2.75) is 6.29 Å². The normalized spacial score (nSPS) is 20.4. The van der Waals surface area contributed by atoms with Crippen LogP contribution in [0.2, 0.25) is 0 Å². The Morgan fingerprint density at radius 2 is 2.08 bits per heavy atom. The molecular weight excluding hydrogens is 331 g/mol. The van der Waals surface area contributed by atoms with Crippen LogP contribution < -0.4 is 15.1 Å². The zero-order chi connectivity index (χ0) is 18.0. The molecule has 0 bridgehead atoms. The number of nitrogens with zero attached hydrogens (tertiary/aromatic N) is 3. The lowest BCUT2D eigenvalue weighted by Crippen LogP contribution is -2.43. The Bertz CT molecular complexity index is 664. The molecule has 0 saturated carbocycles. The van der Waals surface area contributed by atoms with Gasteiger partial charge in [0.1, 0.15) is 12.4 Å². The summed E-state index contributed by atoms with van der Waals surface area (Å²) in [5, 5.41) is 3.22. The highest BCUT2D eigenvalue weighted by Crippen LogP contribution is 2.28. The van der Waals surface area contributed by atoms with Gasteiger partial charge in [-0.25, -0.2) is 14.0 Å². The fourth-order valence-corrected chi connectivity index (χ4v) is 2.75. The van der Waals surface area contributed by atoms with Gasteiger partial charge < -0.3 is 24.6 Å². The number of carbonyl (C=O) groups is 2. The highest BCUT2D eigenvalue weighted by Gasteiger charge is 2.35. The molecule has 2 amide bonds. The Morgan fingerprint density at radius 3 is 2.72 bits per heavy atom. The lowest BCUT2D eigenvalue weighted by atomic mass is 10.2. The number of rotatable bonds is 3. The van der Waals surface area contributed by atoms with E-state index in [9.17, 15) is 14.0 Å². The number of halogens is 1. The second-order valence-corrected chi connectivity index (χ2v) is 6.07. The summed E-state index contributed by atoms with van der Waals surface area (Å²) in [7, 11) is 3.06. The van der Waals surface area contributed by atoms with Crippen LogP contribution in [0, 0.1) is 5.82 Å². The minimum absolute atomic E-state index is 0.0187. The molecule has 2 saturated heterocycles. The van der Waals surface area contributed by atoms with Crippen LogP contribution in [0.1, 0.15) is 0 Å². The molecule has 3 rings (SSSR count). The number of hydrogen-bond donors (Lipinski definition) is 1. The van der Waals surface area contributed by atoms with Crippen LogP contribution >= 0.6 is 0 Å². The van der Waals surface area contributed by atoms with Gasteiger partial charge in [0.15, 0.2) is 0 Å². The van der Waals surface area contributed by atoms with Gasteiger partial charge in [-0.3, -0.25) is 4.90 Å². The smallest absolute Gasteiger partial charge is 0.407 e. The average molecular weight is 352 g/mol. The van der Waals surface area contributed by atoms with Gasteiger partial charge in [0, 0.05) is 40.3 Å². The molecule has 2 heterocycles. The maximum Gasteiger partial charge on any atom is 0.417 e. The van der Waals surface area contributed by atoms with Crippen molar-refractivity contribution in [1.82, 2.24) is 10.2 Å². The number of piperazine rings is 1. The Kier molecular flexibility index (Phi) is 4.93. The van der Waals surface area contributed by atoms with Crippen molar-refractivity contribution in [2.75, 3.05) is 56.6 Å². The number of carbonyl (C=O) groups excluding carboxylic acids is 2. The SMILES string of the molecule is CN(C)C(=O)O[C@@H]1CN(c2ccc(N3CCNCC3)c(F)c2)C(=O)O1. The lowest BCUT2D eigenvalue weighted by molar-refractivity contribution is -0.0386. The van der Waals surface area contributed by atoms with Gasteiger partial charge in [0.25, 0.3) is 6.29 Å². The van der Waals surface area contributed by atoms with E-state index >= 15 is 0 Å². The fraction of sp³-hybridized carbons (Fsp3) is 0.500. The van der Waals surface area contributed by atoms with E-state index in [0.29, 0.717) is 11.4 Å². The third-order valence-electron chi connectivity index (χ3n) is 4.08. The van der Waals surface area contributed by atoms with Gasteiger partial charge >= 0.3 is 12.2 Å². The minimum Gasteiger partial charge on any atom is -0.407 e. The van der Waals surface area contributed by atoms with E-state index in [0.717, 1.165) is 26.2 Å². The molecular formula is C16H21FN4O4. The first kappa shape index (κ1) is 17.3. The van der Waals surface area contributed by atoms with Crippen LogP contribution in [0.3, 0.4) is 0 Å². The highest BCUT2D eigenvalue weighted by molar-refractivity contribution is 5.90. The summed E-state index contributed by atoms with van der Waals surface area (Å²) in [6.45, 7) is 3.08. The Balaban J connectivity index is 1.70. The third kappa shape index (κ3) is 3.76. The molecule has 2 aliphatic heterocycles. The molecule has 0 aliphatic carbocycles. The minimum atomic E-state index is -1.02. The average Bonchev–Trinajstić information content (AvgIpc) is 2.95. The molecule has 0 radical (unpaired) electrons. The van der Waals surface area contributed by atoms with Gasteiger partial charge in [-0.05, 0) is 18.2 Å². The first-order valence-electron chi connectivity index (χ1n) is 8.07. The van der Waals surface area contributed by atoms with Crippen LogP contribution in [-0.2, 0) is 9.47 Å². The molecule has 0 spiro atoms. The molecule has 2 fully saturated rings. The second-order valence-electron chi connectivity index (χ2n) is 6.07. The summed E-state index contributed by atoms with van der Waals surface area (Å²) in [5.41, 5.74) is 0.873. The molecule has 8 nitrogen and oxygen atoms in total. The van der Waals surface area contributed by atoms with E-state index in [2.05, 4.69) is 5.32 Å². The van der Waals surface area contributed by atoms with E-state index in [1.54, 1.807) is 12.1 Å². The molecule has 1 atom stereocenters. The molecule has 1 N–H and O–H groups in total. The van der Waals surface area contributed by atoms with Crippen molar-refractivity contribution < 1.29 is 23.5 Å². The van der Waals surface area contributed by atoms with Crippen LogP contribution in [-0.4, -0.2) is 70.2 Å². The Morgan fingerprint density at radius 1 is 1.36 bits per heavy atom. The topological polar surface area (TPSA) is 74.4 Å². The molecule has 1 aromatic rings. The van der Waals surface area contributed by atoms with E-state index in [1.807, 2.05) is 4.90 Å². The van der Waals surface area contributed by atoms with Crippen LogP contribution in [0.5, 0.6) is 0 Å². The summed E-state index contributed by atoms with van der Waals surface area (Å²) >= 11 is 0. The van der Waals surface area contributed by atoms with Crippen molar-refractivity contribution in [3.8, 4) is 0 Å². The Labute approximate surface area is 145 Å². The number of ether oxygens (including phenoxy) is 2. The highest BCUT2D eigenvalue weighted by atomic mass is 19.1. The molecule has 25 heavy (non-hydrogen) atoms. The largest absolute Gasteiger partial charge is 0.417 e. The summed E-state index contributed by atoms with van der Waals surface area (Å²) < 4.78 is 24.5. The zero-order valence-electron chi connectivity index (χ0n) is 14.2. The van der Waals surface area contributed by atoms with Gasteiger partial charge in [-0.1, -0.05) is 0 Å². The van der Waals surface area contributed by atoms with Crippen LogP contribution in [0.15, 0.2) is 18.2 Å². The van der Waals surface area contributed by atoms with Gasteiger partial charge in [0.05, 0.1) is 11.4 Å².